The second kappa shape index (κ2) is 2.60. The molecule has 1 aliphatic heterocycles. The van der Waals surface area contributed by atoms with Gasteiger partial charge in [0.25, 0.3) is 0 Å². The van der Waals surface area contributed by atoms with E-state index in [1.807, 2.05) is 0 Å². The number of hydrogen-bond donors (Lipinski definition) is 1. The molecule has 1 atom stereocenters. The van der Waals surface area contributed by atoms with Crippen LogP contribution in [0.25, 0.3) is 0 Å². The lowest BCUT2D eigenvalue weighted by molar-refractivity contribution is 0.0882. The van der Waals surface area contributed by atoms with Crippen LogP contribution in [-0.2, 0) is 0 Å². The molecule has 0 aliphatic carbocycles. The Morgan fingerprint density at radius 1 is 1.56 bits per heavy atom. The second-order valence-corrected chi connectivity index (χ2v) is 2.56. The summed E-state index contributed by atoms with van der Waals surface area (Å²) in [7, 11) is 0. The van der Waals surface area contributed by atoms with Gasteiger partial charge in [-0.3, -0.25) is 0 Å². The minimum absolute atomic E-state index is 0.184. The van der Waals surface area contributed by atoms with Gasteiger partial charge in [-0.1, -0.05) is 0 Å². The molecule has 3 heteroatoms. The summed E-state index contributed by atoms with van der Waals surface area (Å²) in [5.41, 5.74) is -1.56. The number of hydrogen-bond acceptors (Lipinski definition) is 1. The highest BCUT2D eigenvalue weighted by molar-refractivity contribution is 4.84. The Morgan fingerprint density at radius 2 is 2.33 bits per heavy atom. The molecular formula is C6H11F2N. The summed E-state index contributed by atoms with van der Waals surface area (Å²) in [6, 6.07) is 0. The van der Waals surface area contributed by atoms with Gasteiger partial charge in [-0.05, 0) is 19.4 Å². The summed E-state index contributed by atoms with van der Waals surface area (Å²) in [6.07, 6.45) is 1.12. The normalized spacial score (nSPS) is 36.7. The van der Waals surface area contributed by atoms with Crippen molar-refractivity contribution < 1.29 is 8.78 Å². The zero-order valence-electron chi connectivity index (χ0n) is 5.29. The Kier molecular flexibility index (Phi) is 2.01. The third-order valence-electron chi connectivity index (χ3n) is 1.66. The van der Waals surface area contributed by atoms with E-state index in [-0.39, 0.29) is 6.54 Å². The molecule has 0 amide bonds. The molecule has 0 aromatic heterocycles. The monoisotopic (exact) mass is 135 g/mol. The van der Waals surface area contributed by atoms with Crippen molar-refractivity contribution in [2.75, 3.05) is 19.8 Å². The molecule has 1 fully saturated rings. The number of halogens is 2. The first-order chi connectivity index (χ1) is 4.27. The standard InChI is InChI=1S/C6H11F2N/c7-4-6(8)2-1-3-9-5-6/h9H,1-5H2. The Bertz CT molecular complexity index is 89.1. The van der Waals surface area contributed by atoms with Gasteiger partial charge in [0.2, 0.25) is 0 Å². The highest BCUT2D eigenvalue weighted by Crippen LogP contribution is 2.20. The summed E-state index contributed by atoms with van der Waals surface area (Å²) in [5.74, 6) is 0. The Balaban J connectivity index is 2.37. The summed E-state index contributed by atoms with van der Waals surface area (Å²) >= 11 is 0. The minimum atomic E-state index is -1.56. The average molecular weight is 135 g/mol. The maximum atomic E-state index is 12.9. The maximum Gasteiger partial charge on any atom is 0.151 e. The van der Waals surface area contributed by atoms with Crippen LogP contribution in [0.3, 0.4) is 0 Å². The number of piperidine rings is 1. The zero-order valence-corrected chi connectivity index (χ0v) is 5.29. The quantitative estimate of drug-likeness (QED) is 0.566. The lowest BCUT2D eigenvalue weighted by Gasteiger charge is -2.26. The molecule has 1 nitrogen and oxygen atoms in total. The van der Waals surface area contributed by atoms with Gasteiger partial charge in [0, 0.05) is 6.54 Å². The summed E-state index contributed by atoms with van der Waals surface area (Å²) in [4.78, 5) is 0. The van der Waals surface area contributed by atoms with Crippen LogP contribution in [0.1, 0.15) is 12.8 Å². The predicted octanol–water partition coefficient (Wildman–Crippen LogP) is 1.05. The van der Waals surface area contributed by atoms with Crippen LogP contribution in [0.2, 0.25) is 0 Å². The molecule has 1 unspecified atom stereocenters. The zero-order chi connectivity index (χ0) is 6.74. The first-order valence-electron chi connectivity index (χ1n) is 3.22. The van der Waals surface area contributed by atoms with Gasteiger partial charge in [0.05, 0.1) is 0 Å². The SMILES string of the molecule is FCC1(F)CCCNC1. The summed E-state index contributed by atoms with van der Waals surface area (Å²) in [5, 5.41) is 2.81. The molecule has 1 saturated heterocycles. The largest absolute Gasteiger partial charge is 0.313 e. The molecule has 9 heavy (non-hydrogen) atoms. The Hall–Kier alpha value is -0.180. The van der Waals surface area contributed by atoms with Crippen LogP contribution in [0.4, 0.5) is 8.78 Å². The van der Waals surface area contributed by atoms with Gasteiger partial charge in [-0.15, -0.1) is 0 Å². The van der Waals surface area contributed by atoms with Crippen molar-refractivity contribution in [3.05, 3.63) is 0 Å². The van der Waals surface area contributed by atoms with Crippen molar-refractivity contribution >= 4 is 0 Å². The molecule has 1 rings (SSSR count). The van der Waals surface area contributed by atoms with E-state index in [0.29, 0.717) is 6.42 Å². The minimum Gasteiger partial charge on any atom is -0.313 e. The predicted molar refractivity (Wildman–Crippen MR) is 31.9 cm³/mol. The van der Waals surface area contributed by atoms with E-state index in [0.717, 1.165) is 13.0 Å². The van der Waals surface area contributed by atoms with Crippen LogP contribution in [0.5, 0.6) is 0 Å². The van der Waals surface area contributed by atoms with Crippen molar-refractivity contribution in [2.24, 2.45) is 0 Å². The molecule has 0 spiro atoms. The van der Waals surface area contributed by atoms with E-state index in [1.54, 1.807) is 0 Å². The molecule has 0 aromatic rings. The van der Waals surface area contributed by atoms with E-state index in [9.17, 15) is 8.78 Å². The fraction of sp³-hybridized carbons (Fsp3) is 1.00. The van der Waals surface area contributed by atoms with Gasteiger partial charge in [0.15, 0.2) is 5.67 Å². The van der Waals surface area contributed by atoms with Crippen LogP contribution in [-0.4, -0.2) is 25.4 Å². The topological polar surface area (TPSA) is 12.0 Å². The van der Waals surface area contributed by atoms with E-state index in [4.69, 9.17) is 0 Å². The number of nitrogens with one attached hydrogen (secondary N) is 1. The molecule has 0 saturated carbocycles. The number of alkyl halides is 2. The number of rotatable bonds is 1. The Morgan fingerprint density at radius 3 is 2.67 bits per heavy atom. The highest BCUT2D eigenvalue weighted by Gasteiger charge is 2.31. The molecule has 1 aliphatic rings. The fourth-order valence-electron chi connectivity index (χ4n) is 1.05. The third-order valence-corrected chi connectivity index (χ3v) is 1.66. The second-order valence-electron chi connectivity index (χ2n) is 2.56. The van der Waals surface area contributed by atoms with Crippen molar-refractivity contribution in [3.63, 3.8) is 0 Å². The van der Waals surface area contributed by atoms with Gasteiger partial charge in [0.1, 0.15) is 6.67 Å². The van der Waals surface area contributed by atoms with Crippen LogP contribution in [0.15, 0.2) is 0 Å². The lowest BCUT2D eigenvalue weighted by atomic mass is 9.98. The van der Waals surface area contributed by atoms with Gasteiger partial charge < -0.3 is 5.32 Å². The summed E-state index contributed by atoms with van der Waals surface area (Å²) < 4.78 is 24.7. The van der Waals surface area contributed by atoms with Crippen molar-refractivity contribution in [3.8, 4) is 0 Å². The molecule has 0 bridgehead atoms. The first-order valence-corrected chi connectivity index (χ1v) is 3.22. The highest BCUT2D eigenvalue weighted by atomic mass is 19.2. The molecular weight excluding hydrogens is 124 g/mol. The maximum absolute atomic E-state index is 12.9. The van der Waals surface area contributed by atoms with Crippen molar-refractivity contribution in [1.82, 2.24) is 5.32 Å². The van der Waals surface area contributed by atoms with Gasteiger partial charge in [-0.25, -0.2) is 8.78 Å². The Labute approximate surface area is 53.4 Å². The smallest absolute Gasteiger partial charge is 0.151 e. The van der Waals surface area contributed by atoms with E-state index < -0.39 is 12.3 Å². The lowest BCUT2D eigenvalue weighted by Crippen LogP contribution is -2.43. The van der Waals surface area contributed by atoms with Crippen LogP contribution >= 0.6 is 0 Å². The van der Waals surface area contributed by atoms with Gasteiger partial charge in [-0.2, -0.15) is 0 Å². The van der Waals surface area contributed by atoms with Gasteiger partial charge >= 0.3 is 0 Å². The van der Waals surface area contributed by atoms with Crippen LogP contribution < -0.4 is 5.32 Å². The molecule has 1 heterocycles. The first kappa shape index (κ1) is 6.93. The van der Waals surface area contributed by atoms with Crippen molar-refractivity contribution in [2.45, 2.75) is 18.5 Å². The molecule has 0 radical (unpaired) electrons. The van der Waals surface area contributed by atoms with E-state index in [1.165, 1.54) is 0 Å². The average Bonchev–Trinajstić information content (AvgIpc) is 1.90. The van der Waals surface area contributed by atoms with E-state index >= 15 is 0 Å². The molecule has 1 N–H and O–H groups in total. The van der Waals surface area contributed by atoms with E-state index in [2.05, 4.69) is 5.32 Å². The molecule has 0 aromatic carbocycles. The third kappa shape index (κ3) is 1.61. The van der Waals surface area contributed by atoms with Crippen molar-refractivity contribution in [1.29, 1.82) is 0 Å². The summed E-state index contributed by atoms with van der Waals surface area (Å²) in [6.45, 7) is 0.162. The fourth-order valence-corrected chi connectivity index (χ4v) is 1.05. The molecule has 54 valence electrons. The van der Waals surface area contributed by atoms with Crippen LogP contribution in [0, 0.1) is 0 Å².